The molecule has 1 aliphatic heterocycles. The third kappa shape index (κ3) is 4.43. The number of aromatic nitrogens is 3. The number of piperazine rings is 1. The van der Waals surface area contributed by atoms with Crippen LogP contribution >= 0.6 is 11.8 Å². The average Bonchev–Trinajstić information content (AvgIpc) is 3.22. The molecule has 0 aliphatic carbocycles. The lowest BCUT2D eigenvalue weighted by Crippen LogP contribution is -2.47. The fourth-order valence-corrected chi connectivity index (χ4v) is 3.64. The van der Waals surface area contributed by atoms with Gasteiger partial charge in [0.25, 0.3) is 0 Å². The van der Waals surface area contributed by atoms with Gasteiger partial charge in [0.2, 0.25) is 5.91 Å². The van der Waals surface area contributed by atoms with Crippen LogP contribution in [-0.4, -0.2) is 69.5 Å². The van der Waals surface area contributed by atoms with E-state index in [0.29, 0.717) is 23.3 Å². The van der Waals surface area contributed by atoms with E-state index in [4.69, 9.17) is 4.42 Å². The summed E-state index contributed by atoms with van der Waals surface area (Å²) in [5.74, 6) is 2.41. The number of rotatable bonds is 6. The summed E-state index contributed by atoms with van der Waals surface area (Å²) in [6.45, 7) is 8.54. The Morgan fingerprint density at radius 3 is 2.68 bits per heavy atom. The van der Waals surface area contributed by atoms with Crippen LogP contribution in [0.3, 0.4) is 0 Å². The molecule has 1 saturated heterocycles. The van der Waals surface area contributed by atoms with Crippen molar-refractivity contribution in [3.05, 3.63) is 18.4 Å². The monoisotopic (exact) mass is 363 g/mol. The molecule has 2 aromatic heterocycles. The topological polar surface area (TPSA) is 67.4 Å². The van der Waals surface area contributed by atoms with Crippen LogP contribution in [-0.2, 0) is 11.3 Å². The Bertz CT molecular complexity index is 690. The number of carbonyl (C=O) groups excluding carboxylic acids is 1. The number of hydrogen-bond donors (Lipinski definition) is 0. The van der Waals surface area contributed by atoms with Crippen molar-refractivity contribution in [1.82, 2.24) is 24.6 Å². The summed E-state index contributed by atoms with van der Waals surface area (Å²) in [6, 6.07) is 3.72. The molecule has 0 bridgehead atoms. The number of hydrogen-bond acceptors (Lipinski definition) is 6. The van der Waals surface area contributed by atoms with Crippen molar-refractivity contribution in [2.45, 2.75) is 25.5 Å². The molecule has 1 aliphatic rings. The number of likely N-dealkylation sites (N-methyl/N-ethyl adjacent to an activating group) is 1. The molecule has 3 rings (SSSR count). The van der Waals surface area contributed by atoms with Gasteiger partial charge in [-0.05, 0) is 25.1 Å². The molecule has 2 aromatic rings. The normalized spacial score (nSPS) is 15.9. The lowest BCUT2D eigenvalue weighted by Gasteiger charge is -2.32. The maximum atomic E-state index is 12.5. The van der Waals surface area contributed by atoms with E-state index in [1.54, 1.807) is 6.26 Å². The van der Waals surface area contributed by atoms with E-state index in [2.05, 4.69) is 36.0 Å². The second-order valence-corrected chi connectivity index (χ2v) is 7.70. The van der Waals surface area contributed by atoms with Crippen molar-refractivity contribution >= 4 is 17.7 Å². The molecule has 0 aromatic carbocycles. The highest BCUT2D eigenvalue weighted by atomic mass is 32.2. The van der Waals surface area contributed by atoms with Gasteiger partial charge in [-0.1, -0.05) is 25.6 Å². The predicted molar refractivity (Wildman–Crippen MR) is 97.4 cm³/mol. The molecular weight excluding hydrogens is 338 g/mol. The first-order valence-corrected chi connectivity index (χ1v) is 9.59. The van der Waals surface area contributed by atoms with Gasteiger partial charge in [-0.15, -0.1) is 10.2 Å². The first kappa shape index (κ1) is 18.0. The van der Waals surface area contributed by atoms with E-state index >= 15 is 0 Å². The van der Waals surface area contributed by atoms with Gasteiger partial charge in [0.1, 0.15) is 0 Å². The summed E-state index contributed by atoms with van der Waals surface area (Å²) in [5.41, 5.74) is 0. The summed E-state index contributed by atoms with van der Waals surface area (Å²) in [7, 11) is 2.08. The lowest BCUT2D eigenvalue weighted by molar-refractivity contribution is -0.129. The average molecular weight is 363 g/mol. The van der Waals surface area contributed by atoms with Crippen molar-refractivity contribution in [3.63, 3.8) is 0 Å². The Labute approximate surface area is 152 Å². The zero-order valence-corrected chi connectivity index (χ0v) is 15.8. The Hall–Kier alpha value is -1.80. The van der Waals surface area contributed by atoms with E-state index in [-0.39, 0.29) is 5.91 Å². The summed E-state index contributed by atoms with van der Waals surface area (Å²) in [4.78, 5) is 16.6. The summed E-state index contributed by atoms with van der Waals surface area (Å²) in [5, 5.41) is 9.34. The smallest absolute Gasteiger partial charge is 0.233 e. The number of carbonyl (C=O) groups is 1. The number of furan rings is 1. The van der Waals surface area contributed by atoms with Gasteiger partial charge in [-0.25, -0.2) is 0 Å². The second-order valence-electron chi connectivity index (χ2n) is 6.76. The van der Waals surface area contributed by atoms with Crippen LogP contribution in [0.2, 0.25) is 0 Å². The zero-order chi connectivity index (χ0) is 17.8. The molecule has 0 spiro atoms. The fourth-order valence-electron chi connectivity index (χ4n) is 2.79. The van der Waals surface area contributed by atoms with Crippen LogP contribution in [0.4, 0.5) is 0 Å². The zero-order valence-electron chi connectivity index (χ0n) is 15.0. The van der Waals surface area contributed by atoms with Crippen molar-refractivity contribution in [2.24, 2.45) is 5.92 Å². The molecule has 0 saturated carbocycles. The van der Waals surface area contributed by atoms with Crippen molar-refractivity contribution in [3.8, 4) is 11.6 Å². The van der Waals surface area contributed by atoms with Crippen LogP contribution in [0.25, 0.3) is 11.6 Å². The number of thioether (sulfide) groups is 1. The van der Waals surface area contributed by atoms with Crippen LogP contribution in [0.1, 0.15) is 13.8 Å². The third-order valence-corrected chi connectivity index (χ3v) is 5.14. The highest BCUT2D eigenvalue weighted by Gasteiger charge is 2.22. The molecule has 1 amide bonds. The predicted octanol–water partition coefficient (Wildman–Crippen LogP) is 2.06. The van der Waals surface area contributed by atoms with Crippen LogP contribution < -0.4 is 0 Å². The van der Waals surface area contributed by atoms with Crippen LogP contribution in [0.5, 0.6) is 0 Å². The minimum absolute atomic E-state index is 0.164. The summed E-state index contributed by atoms with van der Waals surface area (Å²) >= 11 is 1.45. The standard InChI is InChI=1S/C17H25N5O2S/c1-13(2)11-22-16(14-5-4-10-24-14)18-19-17(22)25-12-15(23)21-8-6-20(3)7-9-21/h4-5,10,13H,6-9,11-12H2,1-3H3. The third-order valence-electron chi connectivity index (χ3n) is 4.19. The van der Waals surface area contributed by atoms with Gasteiger partial charge < -0.3 is 14.2 Å². The molecule has 3 heterocycles. The van der Waals surface area contributed by atoms with Gasteiger partial charge in [-0.3, -0.25) is 9.36 Å². The SMILES string of the molecule is CC(C)Cn1c(SCC(=O)N2CCN(C)CC2)nnc1-c1ccco1. The molecule has 0 unspecified atom stereocenters. The Morgan fingerprint density at radius 2 is 2.04 bits per heavy atom. The van der Waals surface area contributed by atoms with Gasteiger partial charge in [0.05, 0.1) is 12.0 Å². The number of amides is 1. The summed E-state index contributed by atoms with van der Waals surface area (Å²) < 4.78 is 7.52. The van der Waals surface area contributed by atoms with Gasteiger partial charge >= 0.3 is 0 Å². The van der Waals surface area contributed by atoms with E-state index in [9.17, 15) is 4.79 Å². The van der Waals surface area contributed by atoms with Crippen molar-refractivity contribution in [2.75, 3.05) is 39.0 Å². The van der Waals surface area contributed by atoms with Gasteiger partial charge in [0.15, 0.2) is 16.7 Å². The molecule has 0 atom stereocenters. The molecule has 25 heavy (non-hydrogen) atoms. The molecule has 8 heteroatoms. The Morgan fingerprint density at radius 1 is 1.28 bits per heavy atom. The van der Waals surface area contributed by atoms with Crippen molar-refractivity contribution in [1.29, 1.82) is 0 Å². The quantitative estimate of drug-likeness (QED) is 0.732. The van der Waals surface area contributed by atoms with E-state index in [0.717, 1.165) is 37.9 Å². The fraction of sp³-hybridized carbons (Fsp3) is 0.588. The molecule has 7 nitrogen and oxygen atoms in total. The second kappa shape index (κ2) is 8.05. The highest BCUT2D eigenvalue weighted by molar-refractivity contribution is 7.99. The molecular formula is C17H25N5O2S. The Balaban J connectivity index is 1.68. The van der Waals surface area contributed by atoms with E-state index < -0.39 is 0 Å². The van der Waals surface area contributed by atoms with E-state index in [1.807, 2.05) is 21.6 Å². The van der Waals surface area contributed by atoms with Gasteiger partial charge in [0, 0.05) is 32.7 Å². The maximum Gasteiger partial charge on any atom is 0.233 e. The van der Waals surface area contributed by atoms with Crippen LogP contribution in [0, 0.1) is 5.92 Å². The largest absolute Gasteiger partial charge is 0.461 e. The maximum absolute atomic E-state index is 12.5. The lowest BCUT2D eigenvalue weighted by atomic mass is 10.2. The number of nitrogens with zero attached hydrogens (tertiary/aromatic N) is 5. The van der Waals surface area contributed by atoms with E-state index in [1.165, 1.54) is 11.8 Å². The summed E-state index contributed by atoms with van der Waals surface area (Å²) in [6.07, 6.45) is 1.63. The van der Waals surface area contributed by atoms with Crippen molar-refractivity contribution < 1.29 is 9.21 Å². The minimum Gasteiger partial charge on any atom is -0.461 e. The molecule has 0 N–H and O–H groups in total. The first-order valence-electron chi connectivity index (χ1n) is 8.60. The minimum atomic E-state index is 0.164. The van der Waals surface area contributed by atoms with Gasteiger partial charge in [-0.2, -0.15) is 0 Å². The molecule has 1 fully saturated rings. The molecule has 0 radical (unpaired) electrons. The Kier molecular flexibility index (Phi) is 5.80. The highest BCUT2D eigenvalue weighted by Crippen LogP contribution is 2.25. The van der Waals surface area contributed by atoms with Crippen LogP contribution in [0.15, 0.2) is 28.0 Å². The molecule has 136 valence electrons. The first-order chi connectivity index (χ1) is 12.0.